The largest absolute Gasteiger partial charge is 0.455 e. The molecule has 8 nitrogen and oxygen atoms in total. The summed E-state index contributed by atoms with van der Waals surface area (Å²) in [6, 6.07) is 5.30. The van der Waals surface area contributed by atoms with Crippen molar-refractivity contribution in [2.45, 2.75) is 71.5 Å². The smallest absolute Gasteiger partial charge is 0.309 e. The van der Waals surface area contributed by atoms with Crippen LogP contribution in [0.2, 0.25) is 0 Å². The molecule has 1 aromatic carbocycles. The highest BCUT2D eigenvalue weighted by Gasteiger charge is 2.42. The van der Waals surface area contributed by atoms with Gasteiger partial charge in [0.15, 0.2) is 18.1 Å². The van der Waals surface area contributed by atoms with E-state index in [2.05, 4.69) is 5.32 Å². The third-order valence-corrected chi connectivity index (χ3v) is 6.54. The molecule has 1 N–H and O–H groups in total. The van der Waals surface area contributed by atoms with Crippen LogP contribution in [0, 0.1) is 11.3 Å². The van der Waals surface area contributed by atoms with E-state index in [4.69, 9.17) is 14.2 Å². The second-order valence-corrected chi connectivity index (χ2v) is 10.3. The minimum atomic E-state index is -0.564. The van der Waals surface area contributed by atoms with Gasteiger partial charge in [-0.25, -0.2) is 0 Å². The molecular weight excluding hydrogens is 424 g/mol. The molecule has 0 bridgehead atoms. The van der Waals surface area contributed by atoms with Crippen molar-refractivity contribution in [2.24, 2.45) is 11.3 Å². The molecule has 1 aromatic rings. The van der Waals surface area contributed by atoms with Gasteiger partial charge in [-0.05, 0) is 37.8 Å². The van der Waals surface area contributed by atoms with E-state index < -0.39 is 23.1 Å². The standard InChI is InChI=1S/C25H34N2O6/c1-24(2,3)23(30)27-13-9-17(10-14-27)22(29)31-16-21(28)26-18-7-8-19-20(15-18)33-25(32-19)11-5-4-6-12-25/h7-8,15,17H,4-6,9-14,16H2,1-3H3,(H,26,28). The first-order valence-corrected chi connectivity index (χ1v) is 11.9. The monoisotopic (exact) mass is 458 g/mol. The van der Waals surface area contributed by atoms with Crippen LogP contribution < -0.4 is 14.8 Å². The Bertz CT molecular complexity index is 908. The fourth-order valence-electron chi connectivity index (χ4n) is 4.71. The number of hydrogen-bond acceptors (Lipinski definition) is 6. The minimum Gasteiger partial charge on any atom is -0.455 e. The summed E-state index contributed by atoms with van der Waals surface area (Å²) >= 11 is 0. The zero-order valence-corrected chi connectivity index (χ0v) is 19.8. The predicted molar refractivity (Wildman–Crippen MR) is 122 cm³/mol. The molecule has 180 valence electrons. The molecule has 2 amide bonds. The molecule has 0 radical (unpaired) electrons. The van der Waals surface area contributed by atoms with Crippen LogP contribution in [0.5, 0.6) is 11.5 Å². The first-order chi connectivity index (χ1) is 15.7. The highest BCUT2D eigenvalue weighted by molar-refractivity contribution is 5.93. The van der Waals surface area contributed by atoms with Gasteiger partial charge in [-0.3, -0.25) is 14.4 Å². The van der Waals surface area contributed by atoms with Crippen molar-refractivity contribution in [1.82, 2.24) is 4.90 Å². The summed E-state index contributed by atoms with van der Waals surface area (Å²) in [5, 5.41) is 2.76. The lowest BCUT2D eigenvalue weighted by Gasteiger charge is -2.34. The summed E-state index contributed by atoms with van der Waals surface area (Å²) in [7, 11) is 0. The topological polar surface area (TPSA) is 94.2 Å². The Morgan fingerprint density at radius 1 is 1.06 bits per heavy atom. The summed E-state index contributed by atoms with van der Waals surface area (Å²) in [6.07, 6.45) is 6.17. The third-order valence-electron chi connectivity index (χ3n) is 6.54. The van der Waals surface area contributed by atoms with Gasteiger partial charge in [0.25, 0.3) is 11.7 Å². The molecule has 2 fully saturated rings. The molecule has 1 aliphatic carbocycles. The van der Waals surface area contributed by atoms with Crippen molar-refractivity contribution >= 4 is 23.5 Å². The Morgan fingerprint density at radius 3 is 2.39 bits per heavy atom. The van der Waals surface area contributed by atoms with Gasteiger partial charge in [-0.2, -0.15) is 0 Å². The number of anilines is 1. The normalized spacial score (nSPS) is 19.9. The molecular formula is C25H34N2O6. The Labute approximate surface area is 194 Å². The summed E-state index contributed by atoms with van der Waals surface area (Å²) in [4.78, 5) is 38.9. The van der Waals surface area contributed by atoms with Crippen LogP contribution in [-0.2, 0) is 19.1 Å². The van der Waals surface area contributed by atoms with Crippen LogP contribution in [0.3, 0.4) is 0 Å². The van der Waals surface area contributed by atoms with E-state index in [1.54, 1.807) is 23.1 Å². The number of nitrogens with zero attached hydrogens (tertiary/aromatic N) is 1. The third kappa shape index (κ3) is 5.42. The number of ether oxygens (including phenoxy) is 3. The van der Waals surface area contributed by atoms with E-state index in [9.17, 15) is 14.4 Å². The number of amides is 2. The van der Waals surface area contributed by atoms with Crippen molar-refractivity contribution in [3.05, 3.63) is 18.2 Å². The van der Waals surface area contributed by atoms with Crippen LogP contribution in [0.1, 0.15) is 65.7 Å². The highest BCUT2D eigenvalue weighted by atomic mass is 16.7. The molecule has 2 heterocycles. The van der Waals surface area contributed by atoms with Crippen molar-refractivity contribution < 1.29 is 28.6 Å². The molecule has 1 spiro atoms. The molecule has 4 rings (SSSR count). The van der Waals surface area contributed by atoms with Crippen molar-refractivity contribution in [1.29, 1.82) is 0 Å². The van der Waals surface area contributed by atoms with E-state index >= 15 is 0 Å². The van der Waals surface area contributed by atoms with Crippen molar-refractivity contribution in [3.63, 3.8) is 0 Å². The minimum absolute atomic E-state index is 0.0897. The molecule has 0 atom stereocenters. The number of piperidine rings is 1. The van der Waals surface area contributed by atoms with Crippen LogP contribution in [-0.4, -0.2) is 48.2 Å². The number of nitrogens with one attached hydrogen (secondary N) is 1. The maximum atomic E-state index is 12.4. The number of hydrogen-bond donors (Lipinski definition) is 1. The van der Waals surface area contributed by atoms with Crippen LogP contribution >= 0.6 is 0 Å². The maximum Gasteiger partial charge on any atom is 0.309 e. The molecule has 33 heavy (non-hydrogen) atoms. The fourth-order valence-corrected chi connectivity index (χ4v) is 4.71. The van der Waals surface area contributed by atoms with Gasteiger partial charge in [0, 0.05) is 43.1 Å². The number of benzene rings is 1. The van der Waals surface area contributed by atoms with E-state index in [0.29, 0.717) is 43.1 Å². The summed E-state index contributed by atoms with van der Waals surface area (Å²) < 4.78 is 17.4. The number of fused-ring (bicyclic) bond motifs is 1. The number of esters is 1. The zero-order chi connectivity index (χ0) is 23.6. The number of carbonyl (C=O) groups excluding carboxylic acids is 3. The van der Waals surface area contributed by atoms with Gasteiger partial charge in [0.2, 0.25) is 5.91 Å². The number of rotatable bonds is 4. The van der Waals surface area contributed by atoms with Gasteiger partial charge in [0.1, 0.15) is 0 Å². The van der Waals surface area contributed by atoms with Gasteiger partial charge in [0.05, 0.1) is 5.92 Å². The Balaban J connectivity index is 1.22. The van der Waals surface area contributed by atoms with Gasteiger partial charge < -0.3 is 24.4 Å². The molecule has 2 aliphatic heterocycles. The Kier molecular flexibility index (Phi) is 6.54. The average Bonchev–Trinajstić information content (AvgIpc) is 3.13. The SMILES string of the molecule is CC(C)(C)C(=O)N1CCC(C(=O)OCC(=O)Nc2ccc3c(c2)OC2(CCCCC2)O3)CC1. The molecule has 8 heteroatoms. The average molecular weight is 459 g/mol. The van der Waals surface area contributed by atoms with Crippen molar-refractivity contribution in [3.8, 4) is 11.5 Å². The van der Waals surface area contributed by atoms with E-state index in [0.717, 1.165) is 25.7 Å². The molecule has 1 saturated carbocycles. The first-order valence-electron chi connectivity index (χ1n) is 11.9. The van der Waals surface area contributed by atoms with E-state index in [-0.39, 0.29) is 18.4 Å². The van der Waals surface area contributed by atoms with Gasteiger partial charge in [-0.15, -0.1) is 0 Å². The van der Waals surface area contributed by atoms with Gasteiger partial charge >= 0.3 is 5.97 Å². The summed E-state index contributed by atoms with van der Waals surface area (Å²) in [5.74, 6) is -0.245. The number of carbonyl (C=O) groups is 3. The predicted octanol–water partition coefficient (Wildman–Crippen LogP) is 3.88. The lowest BCUT2D eigenvalue weighted by Crippen LogP contribution is -2.45. The van der Waals surface area contributed by atoms with Crippen molar-refractivity contribution in [2.75, 3.05) is 25.0 Å². The molecule has 0 unspecified atom stereocenters. The first kappa shape index (κ1) is 23.4. The number of likely N-dealkylation sites (tertiary alicyclic amines) is 1. The second kappa shape index (κ2) is 9.23. The van der Waals surface area contributed by atoms with Crippen LogP contribution in [0.4, 0.5) is 5.69 Å². The lowest BCUT2D eigenvalue weighted by atomic mass is 9.91. The molecule has 3 aliphatic rings. The molecule has 1 saturated heterocycles. The van der Waals surface area contributed by atoms with Crippen LogP contribution in [0.25, 0.3) is 0 Å². The summed E-state index contributed by atoms with van der Waals surface area (Å²) in [6.45, 7) is 6.38. The maximum absolute atomic E-state index is 12.4. The Morgan fingerprint density at radius 2 is 1.73 bits per heavy atom. The Hall–Kier alpha value is -2.77. The summed E-state index contributed by atoms with van der Waals surface area (Å²) in [5.41, 5.74) is 0.136. The lowest BCUT2D eigenvalue weighted by molar-refractivity contribution is -0.155. The second-order valence-electron chi connectivity index (χ2n) is 10.3. The molecule has 0 aromatic heterocycles. The van der Waals surface area contributed by atoms with E-state index in [1.165, 1.54) is 6.42 Å². The van der Waals surface area contributed by atoms with Crippen LogP contribution in [0.15, 0.2) is 18.2 Å². The van der Waals surface area contributed by atoms with E-state index in [1.807, 2.05) is 20.8 Å². The van der Waals surface area contributed by atoms with Gasteiger partial charge in [-0.1, -0.05) is 27.2 Å². The fraction of sp³-hybridized carbons (Fsp3) is 0.640. The quantitative estimate of drug-likeness (QED) is 0.688. The highest BCUT2D eigenvalue weighted by Crippen LogP contribution is 2.46. The zero-order valence-electron chi connectivity index (χ0n) is 19.8.